The Bertz CT molecular complexity index is 622. The topological polar surface area (TPSA) is 44.1 Å². The van der Waals surface area contributed by atoms with Gasteiger partial charge in [0.1, 0.15) is 11.9 Å². The van der Waals surface area contributed by atoms with Gasteiger partial charge in [0.15, 0.2) is 0 Å². The molecule has 1 aromatic heterocycles. The molecule has 2 aromatic rings. The number of methoxy groups -OCH3 is 1. The number of halogens is 1. The molecular formula is C12H13BrN2O2. The molecule has 0 aliphatic carbocycles. The SMILES string of the molecule is COC(C)c1nc2cc(Br)ccc2c(=O)n1C. The molecule has 5 heteroatoms. The summed E-state index contributed by atoms with van der Waals surface area (Å²) in [5.74, 6) is 0.628. The van der Waals surface area contributed by atoms with Gasteiger partial charge in [-0.1, -0.05) is 15.9 Å². The van der Waals surface area contributed by atoms with Crippen molar-refractivity contribution >= 4 is 26.8 Å². The molecule has 0 spiro atoms. The highest BCUT2D eigenvalue weighted by atomic mass is 79.9. The van der Waals surface area contributed by atoms with Crippen LogP contribution >= 0.6 is 15.9 Å². The molecule has 4 nitrogen and oxygen atoms in total. The van der Waals surface area contributed by atoms with Gasteiger partial charge < -0.3 is 4.74 Å². The molecule has 1 atom stereocenters. The Morgan fingerprint density at radius 1 is 1.47 bits per heavy atom. The van der Waals surface area contributed by atoms with E-state index in [4.69, 9.17) is 4.74 Å². The van der Waals surface area contributed by atoms with Crippen molar-refractivity contribution in [3.63, 3.8) is 0 Å². The summed E-state index contributed by atoms with van der Waals surface area (Å²) in [6.45, 7) is 1.87. The lowest BCUT2D eigenvalue weighted by Gasteiger charge is -2.14. The van der Waals surface area contributed by atoms with Gasteiger partial charge in [0.2, 0.25) is 0 Å². The van der Waals surface area contributed by atoms with Gasteiger partial charge in [0.25, 0.3) is 5.56 Å². The Labute approximate surface area is 107 Å². The number of fused-ring (bicyclic) bond motifs is 1. The second-order valence-corrected chi connectivity index (χ2v) is 4.79. The number of benzene rings is 1. The van der Waals surface area contributed by atoms with Gasteiger partial charge in [-0.05, 0) is 25.1 Å². The van der Waals surface area contributed by atoms with E-state index in [9.17, 15) is 4.79 Å². The van der Waals surface area contributed by atoms with Gasteiger partial charge in [0.05, 0.1) is 10.9 Å². The summed E-state index contributed by atoms with van der Waals surface area (Å²) >= 11 is 3.37. The number of nitrogens with zero attached hydrogens (tertiary/aromatic N) is 2. The van der Waals surface area contributed by atoms with Crippen molar-refractivity contribution in [1.29, 1.82) is 0 Å². The summed E-state index contributed by atoms with van der Waals surface area (Å²) in [4.78, 5) is 16.6. The molecule has 90 valence electrons. The van der Waals surface area contributed by atoms with Crippen LogP contribution in [0.3, 0.4) is 0 Å². The van der Waals surface area contributed by atoms with E-state index < -0.39 is 0 Å². The minimum Gasteiger partial charge on any atom is -0.374 e. The molecule has 1 aromatic carbocycles. The van der Waals surface area contributed by atoms with Crippen LogP contribution in [-0.2, 0) is 11.8 Å². The third-order valence-electron chi connectivity index (χ3n) is 2.79. The number of ether oxygens (including phenoxy) is 1. The van der Waals surface area contributed by atoms with Crippen molar-refractivity contribution in [1.82, 2.24) is 9.55 Å². The van der Waals surface area contributed by atoms with Crippen LogP contribution in [0, 0.1) is 0 Å². The first-order chi connectivity index (χ1) is 8.04. The van der Waals surface area contributed by atoms with Gasteiger partial charge >= 0.3 is 0 Å². The maximum absolute atomic E-state index is 12.1. The van der Waals surface area contributed by atoms with Crippen molar-refractivity contribution < 1.29 is 4.74 Å². The van der Waals surface area contributed by atoms with Gasteiger partial charge in [-0.3, -0.25) is 9.36 Å². The van der Waals surface area contributed by atoms with Crippen LogP contribution < -0.4 is 5.56 Å². The smallest absolute Gasteiger partial charge is 0.261 e. The van der Waals surface area contributed by atoms with E-state index >= 15 is 0 Å². The molecule has 0 radical (unpaired) electrons. The second-order valence-electron chi connectivity index (χ2n) is 3.87. The number of rotatable bonds is 2. The highest BCUT2D eigenvalue weighted by Gasteiger charge is 2.13. The Hall–Kier alpha value is -1.20. The summed E-state index contributed by atoms with van der Waals surface area (Å²) in [6.07, 6.45) is -0.212. The van der Waals surface area contributed by atoms with Crippen LogP contribution in [0.4, 0.5) is 0 Å². The van der Waals surface area contributed by atoms with Crippen LogP contribution in [0.25, 0.3) is 10.9 Å². The number of hydrogen-bond donors (Lipinski definition) is 0. The molecule has 1 heterocycles. The fourth-order valence-electron chi connectivity index (χ4n) is 1.73. The van der Waals surface area contributed by atoms with Crippen molar-refractivity contribution in [3.8, 4) is 0 Å². The Kier molecular flexibility index (Phi) is 3.31. The van der Waals surface area contributed by atoms with Crippen LogP contribution in [0.2, 0.25) is 0 Å². The van der Waals surface area contributed by atoms with E-state index in [1.807, 2.05) is 19.1 Å². The molecule has 0 saturated heterocycles. The molecule has 0 bridgehead atoms. The summed E-state index contributed by atoms with van der Waals surface area (Å²) in [5, 5.41) is 0.614. The zero-order chi connectivity index (χ0) is 12.6. The Morgan fingerprint density at radius 3 is 2.82 bits per heavy atom. The molecule has 17 heavy (non-hydrogen) atoms. The first-order valence-electron chi connectivity index (χ1n) is 5.23. The van der Waals surface area contributed by atoms with E-state index in [-0.39, 0.29) is 11.7 Å². The normalized spacial score (nSPS) is 12.9. The fraction of sp³-hybridized carbons (Fsp3) is 0.333. The van der Waals surface area contributed by atoms with Crippen LogP contribution in [0.15, 0.2) is 27.5 Å². The first kappa shape index (κ1) is 12.3. The average Bonchev–Trinajstić information content (AvgIpc) is 2.32. The minimum atomic E-state index is -0.212. The Morgan fingerprint density at radius 2 is 2.18 bits per heavy atom. The van der Waals surface area contributed by atoms with Crippen LogP contribution in [-0.4, -0.2) is 16.7 Å². The molecule has 0 aliphatic heterocycles. The maximum Gasteiger partial charge on any atom is 0.261 e. The van der Waals surface area contributed by atoms with E-state index in [0.29, 0.717) is 16.7 Å². The van der Waals surface area contributed by atoms with Gasteiger partial charge in [0, 0.05) is 18.6 Å². The third kappa shape index (κ3) is 2.12. The highest BCUT2D eigenvalue weighted by Crippen LogP contribution is 2.18. The standard InChI is InChI=1S/C12H13BrN2O2/c1-7(17-3)11-14-10-6-8(13)4-5-9(10)12(16)15(11)2/h4-7H,1-3H3. The van der Waals surface area contributed by atoms with Crippen molar-refractivity contribution in [2.75, 3.05) is 7.11 Å². The van der Waals surface area contributed by atoms with Crippen molar-refractivity contribution in [2.45, 2.75) is 13.0 Å². The lowest BCUT2D eigenvalue weighted by Crippen LogP contribution is -2.24. The van der Waals surface area contributed by atoms with E-state index in [0.717, 1.165) is 4.47 Å². The fourth-order valence-corrected chi connectivity index (χ4v) is 2.08. The highest BCUT2D eigenvalue weighted by molar-refractivity contribution is 9.10. The van der Waals surface area contributed by atoms with Crippen LogP contribution in [0.1, 0.15) is 18.9 Å². The molecule has 0 aliphatic rings. The zero-order valence-corrected chi connectivity index (χ0v) is 11.5. The summed E-state index contributed by atoms with van der Waals surface area (Å²) in [7, 11) is 3.31. The maximum atomic E-state index is 12.1. The molecule has 1 unspecified atom stereocenters. The summed E-state index contributed by atoms with van der Waals surface area (Å²) < 4.78 is 7.65. The quantitative estimate of drug-likeness (QED) is 0.855. The zero-order valence-electron chi connectivity index (χ0n) is 9.90. The first-order valence-corrected chi connectivity index (χ1v) is 6.03. The van der Waals surface area contributed by atoms with E-state index in [1.165, 1.54) is 4.57 Å². The molecule has 0 saturated carbocycles. The lowest BCUT2D eigenvalue weighted by molar-refractivity contribution is 0.108. The predicted molar refractivity (Wildman–Crippen MR) is 70.1 cm³/mol. The van der Waals surface area contributed by atoms with E-state index in [2.05, 4.69) is 20.9 Å². The third-order valence-corrected chi connectivity index (χ3v) is 3.28. The average molecular weight is 297 g/mol. The minimum absolute atomic E-state index is 0.0543. The molecule has 0 amide bonds. The van der Waals surface area contributed by atoms with E-state index in [1.54, 1.807) is 20.2 Å². The summed E-state index contributed by atoms with van der Waals surface area (Å²) in [6, 6.07) is 5.45. The number of hydrogen-bond acceptors (Lipinski definition) is 3. The summed E-state index contributed by atoms with van der Waals surface area (Å²) in [5.41, 5.74) is 0.628. The molecular weight excluding hydrogens is 284 g/mol. The van der Waals surface area contributed by atoms with Gasteiger partial charge in [-0.2, -0.15) is 0 Å². The molecule has 0 fully saturated rings. The van der Waals surface area contributed by atoms with Gasteiger partial charge in [-0.25, -0.2) is 4.98 Å². The van der Waals surface area contributed by atoms with Crippen molar-refractivity contribution in [2.24, 2.45) is 7.05 Å². The number of aromatic nitrogens is 2. The Balaban J connectivity index is 2.80. The predicted octanol–water partition coefficient (Wildman–Crippen LogP) is 2.40. The molecule has 0 N–H and O–H groups in total. The second kappa shape index (κ2) is 4.58. The monoisotopic (exact) mass is 296 g/mol. The van der Waals surface area contributed by atoms with Crippen molar-refractivity contribution in [3.05, 3.63) is 38.9 Å². The van der Waals surface area contributed by atoms with Gasteiger partial charge in [-0.15, -0.1) is 0 Å². The lowest BCUT2D eigenvalue weighted by atomic mass is 10.2. The largest absolute Gasteiger partial charge is 0.374 e. The molecule has 2 rings (SSSR count). The van der Waals surface area contributed by atoms with Crippen LogP contribution in [0.5, 0.6) is 0 Å².